The highest BCUT2D eigenvalue weighted by Crippen LogP contribution is 2.39. The molecule has 0 unspecified atom stereocenters. The van der Waals surface area contributed by atoms with E-state index in [4.69, 9.17) is 0 Å². The van der Waals surface area contributed by atoms with Crippen molar-refractivity contribution >= 4 is 5.57 Å². The van der Waals surface area contributed by atoms with E-state index in [-0.39, 0.29) is 0 Å². The lowest BCUT2D eigenvalue weighted by molar-refractivity contribution is 1.18. The fourth-order valence-corrected chi connectivity index (χ4v) is 2.67. The Labute approximate surface area is 102 Å². The molecule has 1 aromatic carbocycles. The summed E-state index contributed by atoms with van der Waals surface area (Å²) in [5.41, 5.74) is 8.08. The zero-order valence-electron chi connectivity index (χ0n) is 10.2. The highest BCUT2D eigenvalue weighted by Gasteiger charge is 2.20. The number of pyridine rings is 1. The summed E-state index contributed by atoms with van der Waals surface area (Å²) in [4.78, 5) is 4.34. The van der Waals surface area contributed by atoms with Crippen molar-refractivity contribution in [2.75, 3.05) is 0 Å². The molecule has 0 atom stereocenters. The number of benzene rings is 1. The Bertz CT molecular complexity index is 609. The Morgan fingerprint density at radius 1 is 1.12 bits per heavy atom. The predicted molar refractivity (Wildman–Crippen MR) is 71.8 cm³/mol. The average molecular weight is 221 g/mol. The molecule has 17 heavy (non-hydrogen) atoms. The van der Waals surface area contributed by atoms with Crippen molar-refractivity contribution in [1.29, 1.82) is 0 Å². The zero-order chi connectivity index (χ0) is 11.8. The fraction of sp³-hybridized carbons (Fsp3) is 0.188. The summed E-state index contributed by atoms with van der Waals surface area (Å²) >= 11 is 0. The van der Waals surface area contributed by atoms with Gasteiger partial charge in [0.05, 0.1) is 0 Å². The van der Waals surface area contributed by atoms with E-state index in [1.165, 1.54) is 33.4 Å². The quantitative estimate of drug-likeness (QED) is 0.655. The van der Waals surface area contributed by atoms with Crippen LogP contribution in [0.2, 0.25) is 0 Å². The van der Waals surface area contributed by atoms with Crippen LogP contribution in [0, 0.1) is 6.92 Å². The molecule has 2 aromatic rings. The van der Waals surface area contributed by atoms with Gasteiger partial charge >= 0.3 is 0 Å². The molecule has 1 aliphatic rings. The lowest BCUT2D eigenvalue weighted by Crippen LogP contribution is -2.05. The number of fused-ring (bicyclic) bond motifs is 3. The fourth-order valence-electron chi connectivity index (χ4n) is 2.67. The second-order valence-corrected chi connectivity index (χ2v) is 4.53. The maximum absolute atomic E-state index is 4.34. The van der Waals surface area contributed by atoms with Gasteiger partial charge in [-0.3, -0.25) is 4.98 Å². The molecule has 0 saturated carbocycles. The van der Waals surface area contributed by atoms with Gasteiger partial charge in [0, 0.05) is 18.0 Å². The lowest BCUT2D eigenvalue weighted by atomic mass is 9.81. The van der Waals surface area contributed by atoms with Crippen molar-refractivity contribution in [3.63, 3.8) is 0 Å². The summed E-state index contributed by atoms with van der Waals surface area (Å²) in [6, 6.07) is 8.62. The van der Waals surface area contributed by atoms with Gasteiger partial charge < -0.3 is 0 Å². The predicted octanol–water partition coefficient (Wildman–Crippen LogP) is 4.02. The van der Waals surface area contributed by atoms with Crippen LogP contribution in [-0.2, 0) is 6.42 Å². The van der Waals surface area contributed by atoms with E-state index < -0.39 is 0 Å². The van der Waals surface area contributed by atoms with Crippen molar-refractivity contribution in [3.8, 4) is 11.1 Å². The topological polar surface area (TPSA) is 12.9 Å². The Morgan fingerprint density at radius 3 is 2.76 bits per heavy atom. The first-order chi connectivity index (χ1) is 8.31. The minimum absolute atomic E-state index is 1.03. The molecule has 0 aliphatic heterocycles. The van der Waals surface area contributed by atoms with E-state index in [2.05, 4.69) is 49.2 Å². The minimum atomic E-state index is 1.03. The van der Waals surface area contributed by atoms with Gasteiger partial charge in [0.25, 0.3) is 0 Å². The average Bonchev–Trinajstić information content (AvgIpc) is 2.38. The molecule has 3 rings (SSSR count). The van der Waals surface area contributed by atoms with Gasteiger partial charge in [0.1, 0.15) is 0 Å². The summed E-state index contributed by atoms with van der Waals surface area (Å²) in [5.74, 6) is 0. The minimum Gasteiger partial charge on any atom is -0.264 e. The maximum atomic E-state index is 4.34. The van der Waals surface area contributed by atoms with Crippen molar-refractivity contribution in [3.05, 3.63) is 59.4 Å². The normalized spacial score (nSPS) is 15.5. The van der Waals surface area contributed by atoms with Crippen molar-refractivity contribution in [1.82, 2.24) is 4.98 Å². The first-order valence-corrected chi connectivity index (χ1v) is 5.99. The molecule has 0 N–H and O–H groups in total. The largest absolute Gasteiger partial charge is 0.264 e. The van der Waals surface area contributed by atoms with Gasteiger partial charge in [-0.1, -0.05) is 30.3 Å². The summed E-state index contributed by atoms with van der Waals surface area (Å²) < 4.78 is 0. The second-order valence-electron chi connectivity index (χ2n) is 4.53. The SMILES string of the molecule is C/C=C1/Cc2ccccc2-c2cncc(C)c21. The number of nitrogens with zero attached hydrogens (tertiary/aromatic N) is 1. The van der Waals surface area contributed by atoms with Crippen LogP contribution in [0.4, 0.5) is 0 Å². The van der Waals surface area contributed by atoms with Gasteiger partial charge in [-0.25, -0.2) is 0 Å². The standard InChI is InChI=1S/C16H15N/c1-3-12-8-13-6-4-5-7-14(13)15-10-17-9-11(2)16(12)15/h3-7,9-10H,8H2,1-2H3/b12-3-. The monoisotopic (exact) mass is 221 g/mol. The molecule has 84 valence electrons. The van der Waals surface area contributed by atoms with Crippen molar-refractivity contribution in [2.24, 2.45) is 0 Å². The van der Waals surface area contributed by atoms with Crippen LogP contribution in [-0.4, -0.2) is 4.98 Å². The summed E-state index contributed by atoms with van der Waals surface area (Å²) in [7, 11) is 0. The van der Waals surface area contributed by atoms with Crippen molar-refractivity contribution < 1.29 is 0 Å². The Hall–Kier alpha value is -1.89. The highest BCUT2D eigenvalue weighted by molar-refractivity contribution is 5.89. The molecule has 1 aliphatic carbocycles. The third-order valence-corrected chi connectivity index (χ3v) is 3.49. The molecular formula is C16H15N. The highest BCUT2D eigenvalue weighted by atomic mass is 14.6. The molecule has 0 saturated heterocycles. The van der Waals surface area contributed by atoms with E-state index in [1.54, 1.807) is 0 Å². The summed E-state index contributed by atoms with van der Waals surface area (Å²) in [5, 5.41) is 0. The van der Waals surface area contributed by atoms with Crippen LogP contribution in [0.1, 0.15) is 23.6 Å². The first kappa shape index (κ1) is 10.3. The van der Waals surface area contributed by atoms with Gasteiger partial charge in [-0.05, 0) is 48.1 Å². The second kappa shape index (κ2) is 3.85. The van der Waals surface area contributed by atoms with E-state index >= 15 is 0 Å². The molecule has 1 aromatic heterocycles. The molecule has 0 bridgehead atoms. The third kappa shape index (κ3) is 1.50. The molecule has 0 fully saturated rings. The molecule has 1 nitrogen and oxygen atoms in total. The van der Waals surface area contributed by atoms with E-state index in [0.29, 0.717) is 0 Å². The number of aryl methyl sites for hydroxylation is 1. The Morgan fingerprint density at radius 2 is 1.94 bits per heavy atom. The number of rotatable bonds is 0. The van der Waals surface area contributed by atoms with Crippen LogP contribution in [0.3, 0.4) is 0 Å². The molecular weight excluding hydrogens is 206 g/mol. The van der Waals surface area contributed by atoms with E-state index in [0.717, 1.165) is 6.42 Å². The molecule has 1 heteroatoms. The van der Waals surface area contributed by atoms with E-state index in [1.807, 2.05) is 12.4 Å². The van der Waals surface area contributed by atoms with Gasteiger partial charge in [0.15, 0.2) is 0 Å². The third-order valence-electron chi connectivity index (χ3n) is 3.49. The molecule has 0 radical (unpaired) electrons. The Balaban J connectivity index is 2.37. The van der Waals surface area contributed by atoms with Crippen LogP contribution in [0.15, 0.2) is 42.7 Å². The van der Waals surface area contributed by atoms with Gasteiger partial charge in [-0.15, -0.1) is 0 Å². The lowest BCUT2D eigenvalue weighted by Gasteiger charge is -2.23. The van der Waals surface area contributed by atoms with Crippen LogP contribution in [0.25, 0.3) is 16.7 Å². The first-order valence-electron chi connectivity index (χ1n) is 5.99. The number of hydrogen-bond donors (Lipinski definition) is 0. The molecule has 0 spiro atoms. The van der Waals surface area contributed by atoms with Gasteiger partial charge in [0.2, 0.25) is 0 Å². The smallest absolute Gasteiger partial charge is 0.0352 e. The molecule has 1 heterocycles. The maximum Gasteiger partial charge on any atom is 0.0352 e. The summed E-state index contributed by atoms with van der Waals surface area (Å²) in [6.45, 7) is 4.26. The zero-order valence-corrected chi connectivity index (χ0v) is 10.2. The number of allylic oxidation sites excluding steroid dienone is 2. The van der Waals surface area contributed by atoms with E-state index in [9.17, 15) is 0 Å². The number of aromatic nitrogens is 1. The Kier molecular flexibility index (Phi) is 2.32. The van der Waals surface area contributed by atoms with Crippen LogP contribution < -0.4 is 0 Å². The van der Waals surface area contributed by atoms with Gasteiger partial charge in [-0.2, -0.15) is 0 Å². The van der Waals surface area contributed by atoms with Crippen LogP contribution >= 0.6 is 0 Å². The number of hydrogen-bond acceptors (Lipinski definition) is 1. The summed E-state index contributed by atoms with van der Waals surface area (Å²) in [6.07, 6.45) is 7.20. The van der Waals surface area contributed by atoms with Crippen LogP contribution in [0.5, 0.6) is 0 Å². The van der Waals surface area contributed by atoms with Crippen molar-refractivity contribution in [2.45, 2.75) is 20.3 Å². The molecule has 0 amide bonds.